The monoisotopic (exact) mass is 370 g/mol. The molecule has 0 bridgehead atoms. The normalized spacial score (nSPS) is 18.7. The van der Waals surface area contributed by atoms with Gasteiger partial charge in [0.2, 0.25) is 5.91 Å². The number of aromatic nitrogens is 2. The first-order valence-electron chi connectivity index (χ1n) is 9.88. The minimum atomic E-state index is -0.184. The summed E-state index contributed by atoms with van der Waals surface area (Å²) in [6.07, 6.45) is 1.43. The Morgan fingerprint density at radius 3 is 2.59 bits per heavy atom. The molecule has 27 heavy (non-hydrogen) atoms. The quantitative estimate of drug-likeness (QED) is 0.803. The molecule has 1 amide bonds. The van der Waals surface area contributed by atoms with Gasteiger partial charge in [-0.3, -0.25) is 9.69 Å². The van der Waals surface area contributed by atoms with Crippen molar-refractivity contribution < 1.29 is 9.32 Å². The number of amides is 1. The number of nitrogens with zero attached hydrogens (tertiary/aromatic N) is 4. The Hall–Kier alpha value is -2.21. The van der Waals surface area contributed by atoms with Crippen LogP contribution >= 0.6 is 0 Å². The first-order valence-corrected chi connectivity index (χ1v) is 9.88. The highest BCUT2D eigenvalue weighted by molar-refractivity contribution is 5.76. The van der Waals surface area contributed by atoms with Crippen LogP contribution in [0.3, 0.4) is 0 Å². The second kappa shape index (κ2) is 8.65. The molecule has 1 unspecified atom stereocenters. The fourth-order valence-electron chi connectivity index (χ4n) is 3.63. The molecule has 6 nitrogen and oxygen atoms in total. The van der Waals surface area contributed by atoms with Gasteiger partial charge in [-0.15, -0.1) is 0 Å². The molecule has 3 rings (SSSR count). The number of hydrogen-bond acceptors (Lipinski definition) is 5. The SMILES string of the molecule is CCC(=O)N1CCCN(Cc2ccc(C(C)C)cc2)CC1c1nc(C)no1. The third-order valence-corrected chi connectivity index (χ3v) is 5.18. The second-order valence-corrected chi connectivity index (χ2v) is 7.62. The molecule has 146 valence electrons. The lowest BCUT2D eigenvalue weighted by molar-refractivity contribution is -0.133. The summed E-state index contributed by atoms with van der Waals surface area (Å²) in [5.41, 5.74) is 2.64. The molecule has 0 spiro atoms. The summed E-state index contributed by atoms with van der Waals surface area (Å²) < 4.78 is 5.44. The van der Waals surface area contributed by atoms with Crippen molar-refractivity contribution >= 4 is 5.91 Å². The molecule has 0 aliphatic carbocycles. The van der Waals surface area contributed by atoms with Crippen molar-refractivity contribution in [3.8, 4) is 0 Å². The van der Waals surface area contributed by atoms with Crippen molar-refractivity contribution in [1.29, 1.82) is 0 Å². The lowest BCUT2D eigenvalue weighted by Crippen LogP contribution is -2.38. The van der Waals surface area contributed by atoms with E-state index in [0.29, 0.717) is 30.6 Å². The third kappa shape index (κ3) is 4.75. The van der Waals surface area contributed by atoms with Gasteiger partial charge in [-0.05, 0) is 30.4 Å². The largest absolute Gasteiger partial charge is 0.337 e. The van der Waals surface area contributed by atoms with Gasteiger partial charge in [0.15, 0.2) is 5.82 Å². The lowest BCUT2D eigenvalue weighted by Gasteiger charge is -2.29. The van der Waals surface area contributed by atoms with E-state index in [1.165, 1.54) is 11.1 Å². The van der Waals surface area contributed by atoms with Crippen LogP contribution in [0, 0.1) is 6.92 Å². The summed E-state index contributed by atoms with van der Waals surface area (Å²) >= 11 is 0. The van der Waals surface area contributed by atoms with E-state index in [1.54, 1.807) is 0 Å². The first kappa shape index (κ1) is 19.5. The molecule has 6 heteroatoms. The van der Waals surface area contributed by atoms with Crippen molar-refractivity contribution in [2.45, 2.75) is 59.0 Å². The molecule has 1 aromatic carbocycles. The molecule has 2 heterocycles. The summed E-state index contributed by atoms with van der Waals surface area (Å²) in [4.78, 5) is 21.2. The van der Waals surface area contributed by atoms with Crippen LogP contribution in [0.4, 0.5) is 0 Å². The van der Waals surface area contributed by atoms with Gasteiger partial charge in [-0.2, -0.15) is 4.98 Å². The molecule has 1 aliphatic heterocycles. The fourth-order valence-corrected chi connectivity index (χ4v) is 3.63. The highest BCUT2D eigenvalue weighted by Crippen LogP contribution is 2.26. The molecule has 2 aromatic rings. The average molecular weight is 370 g/mol. The molecule has 1 saturated heterocycles. The summed E-state index contributed by atoms with van der Waals surface area (Å²) in [6, 6.07) is 8.66. The van der Waals surface area contributed by atoms with Gasteiger partial charge in [0.05, 0.1) is 0 Å². The lowest BCUT2D eigenvalue weighted by atomic mass is 10.0. The van der Waals surface area contributed by atoms with E-state index >= 15 is 0 Å². The Kier molecular flexibility index (Phi) is 6.26. The van der Waals surface area contributed by atoms with Crippen LogP contribution in [0.5, 0.6) is 0 Å². The van der Waals surface area contributed by atoms with Gasteiger partial charge in [-0.1, -0.05) is 50.2 Å². The molecule has 1 fully saturated rings. The van der Waals surface area contributed by atoms with Gasteiger partial charge in [-0.25, -0.2) is 0 Å². The van der Waals surface area contributed by atoms with Gasteiger partial charge in [0, 0.05) is 32.6 Å². The third-order valence-electron chi connectivity index (χ3n) is 5.18. The number of carbonyl (C=O) groups is 1. The Balaban J connectivity index is 1.78. The zero-order valence-electron chi connectivity index (χ0n) is 16.8. The van der Waals surface area contributed by atoms with Crippen molar-refractivity contribution in [3.05, 3.63) is 47.1 Å². The molecular weight excluding hydrogens is 340 g/mol. The van der Waals surface area contributed by atoms with E-state index < -0.39 is 0 Å². The number of benzene rings is 1. The van der Waals surface area contributed by atoms with E-state index in [2.05, 4.69) is 53.2 Å². The predicted molar refractivity (Wildman–Crippen MR) is 104 cm³/mol. The van der Waals surface area contributed by atoms with Gasteiger partial charge < -0.3 is 9.42 Å². The van der Waals surface area contributed by atoms with Gasteiger partial charge in [0.1, 0.15) is 6.04 Å². The molecule has 1 aromatic heterocycles. The van der Waals surface area contributed by atoms with Crippen LogP contribution in [0.25, 0.3) is 0 Å². The topological polar surface area (TPSA) is 62.5 Å². The Labute approximate surface area is 161 Å². The van der Waals surface area contributed by atoms with Crippen molar-refractivity contribution in [2.75, 3.05) is 19.6 Å². The van der Waals surface area contributed by atoms with Crippen molar-refractivity contribution in [1.82, 2.24) is 19.9 Å². The van der Waals surface area contributed by atoms with Crippen LogP contribution < -0.4 is 0 Å². The van der Waals surface area contributed by atoms with E-state index in [9.17, 15) is 4.79 Å². The maximum atomic E-state index is 12.5. The van der Waals surface area contributed by atoms with Crippen LogP contribution in [0.15, 0.2) is 28.8 Å². The van der Waals surface area contributed by atoms with E-state index in [0.717, 1.165) is 26.1 Å². The number of aryl methyl sites for hydroxylation is 1. The molecule has 0 N–H and O–H groups in total. The minimum absolute atomic E-state index is 0.138. The number of hydrogen-bond donors (Lipinski definition) is 0. The molecule has 0 radical (unpaired) electrons. The zero-order chi connectivity index (χ0) is 19.4. The number of carbonyl (C=O) groups excluding carboxylic acids is 1. The number of rotatable bonds is 5. The maximum absolute atomic E-state index is 12.5. The molecule has 1 atom stereocenters. The van der Waals surface area contributed by atoms with Gasteiger partial charge >= 0.3 is 0 Å². The van der Waals surface area contributed by atoms with Crippen molar-refractivity contribution in [2.24, 2.45) is 0 Å². The predicted octanol–water partition coefficient (Wildman–Crippen LogP) is 3.69. The second-order valence-electron chi connectivity index (χ2n) is 7.62. The average Bonchev–Trinajstić information content (AvgIpc) is 2.98. The summed E-state index contributed by atoms with van der Waals surface area (Å²) in [5.74, 6) is 1.82. The van der Waals surface area contributed by atoms with Gasteiger partial charge in [0.25, 0.3) is 5.89 Å². The summed E-state index contributed by atoms with van der Waals surface area (Å²) in [7, 11) is 0. The molecular formula is C21H30N4O2. The summed E-state index contributed by atoms with van der Waals surface area (Å²) in [6.45, 7) is 11.4. The molecule has 1 aliphatic rings. The smallest absolute Gasteiger partial charge is 0.250 e. The van der Waals surface area contributed by atoms with E-state index in [-0.39, 0.29) is 11.9 Å². The first-order chi connectivity index (χ1) is 13.0. The van der Waals surface area contributed by atoms with Crippen LogP contribution in [0.1, 0.15) is 68.4 Å². The Morgan fingerprint density at radius 2 is 2.00 bits per heavy atom. The maximum Gasteiger partial charge on any atom is 0.250 e. The van der Waals surface area contributed by atoms with Crippen LogP contribution in [-0.2, 0) is 11.3 Å². The van der Waals surface area contributed by atoms with Crippen molar-refractivity contribution in [3.63, 3.8) is 0 Å². The highest BCUT2D eigenvalue weighted by Gasteiger charge is 2.32. The van der Waals surface area contributed by atoms with E-state index in [1.807, 2.05) is 18.7 Å². The fraction of sp³-hybridized carbons (Fsp3) is 0.571. The highest BCUT2D eigenvalue weighted by atomic mass is 16.5. The molecule has 0 saturated carbocycles. The zero-order valence-corrected chi connectivity index (χ0v) is 16.8. The van der Waals surface area contributed by atoms with Crippen LogP contribution in [-0.4, -0.2) is 45.5 Å². The Morgan fingerprint density at radius 1 is 1.26 bits per heavy atom. The Bertz CT molecular complexity index is 754. The minimum Gasteiger partial charge on any atom is -0.337 e. The summed E-state index contributed by atoms with van der Waals surface area (Å²) in [5, 5.41) is 3.93. The van der Waals surface area contributed by atoms with Crippen LogP contribution in [0.2, 0.25) is 0 Å². The standard InChI is InChI=1S/C21H30N4O2/c1-5-20(26)25-12-6-11-24(14-19(25)21-22-16(4)23-27-21)13-17-7-9-18(10-8-17)15(2)3/h7-10,15,19H,5-6,11-14H2,1-4H3. The van der Waals surface area contributed by atoms with E-state index in [4.69, 9.17) is 4.52 Å².